The molecule has 0 saturated carbocycles. The van der Waals surface area contributed by atoms with E-state index in [4.69, 9.17) is 4.74 Å². The van der Waals surface area contributed by atoms with Crippen LogP contribution in [-0.2, 0) is 9.53 Å². The van der Waals surface area contributed by atoms with Gasteiger partial charge in [0, 0.05) is 63.8 Å². The van der Waals surface area contributed by atoms with Crippen LogP contribution in [0, 0.1) is 0 Å². The molecule has 0 aliphatic carbocycles. The van der Waals surface area contributed by atoms with Gasteiger partial charge in [0.05, 0.1) is 6.61 Å². The van der Waals surface area contributed by atoms with E-state index >= 15 is 0 Å². The zero-order valence-corrected chi connectivity index (χ0v) is 14.5. The maximum Gasteiger partial charge on any atom is 0.224 e. The SMILES string of the molecule is COCCN1CCCN(C(=O)CC2CSCCN2)CC1.Cl. The molecule has 1 unspecified atom stereocenters. The average molecular weight is 338 g/mol. The van der Waals surface area contributed by atoms with E-state index in [1.54, 1.807) is 7.11 Å². The van der Waals surface area contributed by atoms with Crippen LogP contribution in [0.3, 0.4) is 0 Å². The van der Waals surface area contributed by atoms with Crippen LogP contribution < -0.4 is 5.32 Å². The number of ether oxygens (including phenoxy) is 1. The molecule has 0 aromatic heterocycles. The van der Waals surface area contributed by atoms with Gasteiger partial charge >= 0.3 is 0 Å². The Morgan fingerprint density at radius 2 is 2.19 bits per heavy atom. The lowest BCUT2D eigenvalue weighted by Gasteiger charge is -2.27. The molecule has 5 nitrogen and oxygen atoms in total. The van der Waals surface area contributed by atoms with Crippen molar-refractivity contribution in [1.29, 1.82) is 0 Å². The van der Waals surface area contributed by atoms with Gasteiger partial charge in [-0.3, -0.25) is 9.69 Å². The summed E-state index contributed by atoms with van der Waals surface area (Å²) in [5.41, 5.74) is 0. The number of nitrogens with one attached hydrogen (secondary N) is 1. The van der Waals surface area contributed by atoms with E-state index in [0.29, 0.717) is 18.4 Å². The highest BCUT2D eigenvalue weighted by Gasteiger charge is 2.23. The summed E-state index contributed by atoms with van der Waals surface area (Å²) in [6, 6.07) is 0.370. The second kappa shape index (κ2) is 10.7. The van der Waals surface area contributed by atoms with Gasteiger partial charge in [-0.2, -0.15) is 11.8 Å². The van der Waals surface area contributed by atoms with Gasteiger partial charge in [0.15, 0.2) is 0 Å². The number of hydrogen-bond acceptors (Lipinski definition) is 5. The lowest BCUT2D eigenvalue weighted by atomic mass is 10.2. The van der Waals surface area contributed by atoms with Crippen LogP contribution in [0.15, 0.2) is 0 Å². The molecule has 0 radical (unpaired) electrons. The molecule has 2 saturated heterocycles. The Labute approximate surface area is 138 Å². The molecule has 2 aliphatic heterocycles. The third kappa shape index (κ3) is 6.74. The molecule has 1 atom stereocenters. The molecule has 2 aliphatic rings. The monoisotopic (exact) mass is 337 g/mol. The first-order valence-corrected chi connectivity index (χ1v) is 8.75. The topological polar surface area (TPSA) is 44.8 Å². The highest BCUT2D eigenvalue weighted by Crippen LogP contribution is 2.12. The molecule has 7 heteroatoms. The Hall–Kier alpha value is -0.0100. The molecule has 2 heterocycles. The lowest BCUT2D eigenvalue weighted by Crippen LogP contribution is -2.43. The van der Waals surface area contributed by atoms with Gasteiger partial charge in [-0.05, 0) is 13.0 Å². The van der Waals surface area contributed by atoms with Crippen LogP contribution in [-0.4, -0.2) is 86.2 Å². The number of rotatable bonds is 5. The van der Waals surface area contributed by atoms with Crippen molar-refractivity contribution in [1.82, 2.24) is 15.1 Å². The standard InChI is InChI=1S/C14H27N3O2S.ClH/c1-19-9-8-16-4-2-5-17(7-6-16)14(18)11-13-12-20-10-3-15-13;/h13,15H,2-12H2,1H3;1H. The third-order valence-electron chi connectivity index (χ3n) is 3.97. The smallest absolute Gasteiger partial charge is 0.224 e. The van der Waals surface area contributed by atoms with Crippen molar-refractivity contribution in [3.8, 4) is 0 Å². The number of carbonyl (C=O) groups is 1. The van der Waals surface area contributed by atoms with Crippen LogP contribution in [0.5, 0.6) is 0 Å². The summed E-state index contributed by atoms with van der Waals surface area (Å²) in [7, 11) is 1.74. The maximum absolute atomic E-state index is 12.4. The summed E-state index contributed by atoms with van der Waals surface area (Å²) in [4.78, 5) is 16.8. The molecule has 2 rings (SSSR count). The van der Waals surface area contributed by atoms with E-state index in [-0.39, 0.29) is 12.4 Å². The van der Waals surface area contributed by atoms with Gasteiger partial charge in [-0.25, -0.2) is 0 Å². The fourth-order valence-electron chi connectivity index (χ4n) is 2.76. The fourth-order valence-corrected chi connectivity index (χ4v) is 3.70. The summed E-state index contributed by atoms with van der Waals surface area (Å²) < 4.78 is 5.13. The van der Waals surface area contributed by atoms with Gasteiger partial charge in [-0.15, -0.1) is 12.4 Å². The Balaban J connectivity index is 0.00000220. The summed E-state index contributed by atoms with van der Waals surface area (Å²) in [6.45, 7) is 6.60. The first-order chi connectivity index (χ1) is 9.79. The highest BCUT2D eigenvalue weighted by molar-refractivity contribution is 7.99. The van der Waals surface area contributed by atoms with Crippen molar-refractivity contribution in [2.75, 3.05) is 64.5 Å². The first kappa shape index (κ1) is 19.0. The van der Waals surface area contributed by atoms with Crippen molar-refractivity contribution in [3.05, 3.63) is 0 Å². The Morgan fingerprint density at radius 1 is 1.33 bits per heavy atom. The molecule has 0 aromatic rings. The average Bonchev–Trinajstić information content (AvgIpc) is 2.72. The van der Waals surface area contributed by atoms with Gasteiger partial charge in [0.1, 0.15) is 0 Å². The summed E-state index contributed by atoms with van der Waals surface area (Å²) in [5, 5.41) is 3.45. The zero-order valence-electron chi connectivity index (χ0n) is 12.9. The number of carbonyl (C=O) groups excluding carboxylic acids is 1. The molecule has 0 aromatic carbocycles. The predicted octanol–water partition coefficient (Wildman–Crippen LogP) is 0.684. The second-order valence-corrected chi connectivity index (χ2v) is 6.65. The zero-order chi connectivity index (χ0) is 14.2. The van der Waals surface area contributed by atoms with Gasteiger partial charge in [-0.1, -0.05) is 0 Å². The number of thioether (sulfide) groups is 1. The maximum atomic E-state index is 12.4. The highest BCUT2D eigenvalue weighted by atomic mass is 35.5. The molecule has 1 amide bonds. The van der Waals surface area contributed by atoms with E-state index in [9.17, 15) is 4.79 Å². The minimum Gasteiger partial charge on any atom is -0.383 e. The number of nitrogens with zero attached hydrogens (tertiary/aromatic N) is 2. The van der Waals surface area contributed by atoms with Crippen molar-refractivity contribution in [2.45, 2.75) is 18.9 Å². The fraction of sp³-hybridized carbons (Fsp3) is 0.929. The molecular formula is C14H28ClN3O2S. The molecule has 21 heavy (non-hydrogen) atoms. The number of halogens is 1. The minimum atomic E-state index is 0. The Morgan fingerprint density at radius 3 is 2.90 bits per heavy atom. The number of hydrogen-bond donors (Lipinski definition) is 1. The lowest BCUT2D eigenvalue weighted by molar-refractivity contribution is -0.131. The molecule has 124 valence electrons. The minimum absolute atomic E-state index is 0. The van der Waals surface area contributed by atoms with Crippen LogP contribution >= 0.6 is 24.2 Å². The van der Waals surface area contributed by atoms with Crippen molar-refractivity contribution < 1.29 is 9.53 Å². The molecule has 1 N–H and O–H groups in total. The molecule has 2 fully saturated rings. The Kier molecular flexibility index (Phi) is 9.67. The predicted molar refractivity (Wildman–Crippen MR) is 90.5 cm³/mol. The first-order valence-electron chi connectivity index (χ1n) is 7.60. The van der Waals surface area contributed by atoms with E-state index in [0.717, 1.165) is 58.0 Å². The van der Waals surface area contributed by atoms with Crippen molar-refractivity contribution in [2.24, 2.45) is 0 Å². The van der Waals surface area contributed by atoms with Gasteiger partial charge in [0.25, 0.3) is 0 Å². The Bertz CT molecular complexity index is 304. The van der Waals surface area contributed by atoms with Crippen LogP contribution in [0.4, 0.5) is 0 Å². The van der Waals surface area contributed by atoms with Gasteiger partial charge < -0.3 is 15.0 Å². The second-order valence-electron chi connectivity index (χ2n) is 5.50. The van der Waals surface area contributed by atoms with Crippen LogP contribution in [0.2, 0.25) is 0 Å². The number of methoxy groups -OCH3 is 1. The van der Waals surface area contributed by atoms with Crippen LogP contribution in [0.1, 0.15) is 12.8 Å². The number of amides is 1. The van der Waals surface area contributed by atoms with Gasteiger partial charge in [0.2, 0.25) is 5.91 Å². The van der Waals surface area contributed by atoms with Crippen molar-refractivity contribution >= 4 is 30.1 Å². The third-order valence-corrected chi connectivity index (χ3v) is 5.10. The summed E-state index contributed by atoms with van der Waals surface area (Å²) in [5.74, 6) is 2.56. The van der Waals surface area contributed by atoms with E-state index in [2.05, 4.69) is 10.2 Å². The van der Waals surface area contributed by atoms with Crippen molar-refractivity contribution in [3.63, 3.8) is 0 Å². The molecular weight excluding hydrogens is 310 g/mol. The van der Waals surface area contributed by atoms with Crippen LogP contribution in [0.25, 0.3) is 0 Å². The summed E-state index contributed by atoms with van der Waals surface area (Å²) >= 11 is 1.95. The summed E-state index contributed by atoms with van der Waals surface area (Å²) in [6.07, 6.45) is 1.73. The van der Waals surface area contributed by atoms with E-state index < -0.39 is 0 Å². The van der Waals surface area contributed by atoms with E-state index in [1.165, 1.54) is 5.75 Å². The van der Waals surface area contributed by atoms with E-state index in [1.807, 2.05) is 16.7 Å². The molecule has 0 bridgehead atoms. The quantitative estimate of drug-likeness (QED) is 0.799. The largest absolute Gasteiger partial charge is 0.383 e. The normalized spacial score (nSPS) is 24.2. The molecule has 0 spiro atoms.